The van der Waals surface area contributed by atoms with Gasteiger partial charge in [0, 0.05) is 25.0 Å². The van der Waals surface area contributed by atoms with Gasteiger partial charge in [-0.2, -0.15) is 5.10 Å². The number of nitrogens with one attached hydrogen (secondary N) is 1. The summed E-state index contributed by atoms with van der Waals surface area (Å²) in [6.07, 6.45) is 3.23. The number of rotatable bonds is 9. The Morgan fingerprint density at radius 2 is 1.90 bits per heavy atom. The maximum Gasteiger partial charge on any atom is 0.0767 e. The molecule has 0 spiro atoms. The number of hydrogen-bond acceptors (Lipinski definition) is 2. The van der Waals surface area contributed by atoms with Gasteiger partial charge in [0.2, 0.25) is 0 Å². The van der Waals surface area contributed by atoms with E-state index >= 15 is 0 Å². The molecule has 1 atom stereocenters. The van der Waals surface area contributed by atoms with Gasteiger partial charge in [-0.25, -0.2) is 0 Å². The SMILES string of the molecule is CCc1nn(CC)c(CNCC(Cl)C(CC)CC)c1Br. The second kappa shape index (κ2) is 9.06. The topological polar surface area (TPSA) is 29.9 Å². The van der Waals surface area contributed by atoms with Crippen LogP contribution in [0.25, 0.3) is 0 Å². The fourth-order valence-corrected chi connectivity index (χ4v) is 3.65. The highest BCUT2D eigenvalue weighted by Gasteiger charge is 2.17. The van der Waals surface area contributed by atoms with Gasteiger partial charge in [0.15, 0.2) is 0 Å². The van der Waals surface area contributed by atoms with Crippen LogP contribution < -0.4 is 5.32 Å². The molecule has 0 fully saturated rings. The molecule has 0 radical (unpaired) electrons. The quantitative estimate of drug-likeness (QED) is 0.660. The van der Waals surface area contributed by atoms with Crippen molar-refractivity contribution in [2.75, 3.05) is 6.54 Å². The summed E-state index contributed by atoms with van der Waals surface area (Å²) in [5.41, 5.74) is 2.35. The number of aromatic nitrogens is 2. The molecule has 0 saturated carbocycles. The van der Waals surface area contributed by atoms with Gasteiger partial charge in [0.25, 0.3) is 0 Å². The molecule has 1 aromatic rings. The van der Waals surface area contributed by atoms with Crippen molar-refractivity contribution in [3.63, 3.8) is 0 Å². The van der Waals surface area contributed by atoms with Crippen LogP contribution in [0, 0.1) is 5.92 Å². The predicted molar refractivity (Wildman–Crippen MR) is 90.4 cm³/mol. The van der Waals surface area contributed by atoms with E-state index in [2.05, 4.69) is 58.7 Å². The van der Waals surface area contributed by atoms with E-state index in [-0.39, 0.29) is 5.38 Å². The van der Waals surface area contributed by atoms with Crippen molar-refractivity contribution in [3.05, 3.63) is 15.9 Å². The molecule has 0 aliphatic carbocycles. The molecule has 0 aliphatic rings. The first-order valence-electron chi connectivity index (χ1n) is 7.67. The molecule has 0 amide bonds. The maximum absolute atomic E-state index is 6.46. The van der Waals surface area contributed by atoms with Crippen molar-refractivity contribution in [2.45, 2.75) is 65.4 Å². The van der Waals surface area contributed by atoms with Crippen LogP contribution in [0.5, 0.6) is 0 Å². The molecule has 0 aliphatic heterocycles. The molecule has 0 bridgehead atoms. The first-order valence-corrected chi connectivity index (χ1v) is 8.90. The van der Waals surface area contributed by atoms with E-state index in [1.807, 2.05) is 0 Å². The lowest BCUT2D eigenvalue weighted by Crippen LogP contribution is -2.29. The standard InChI is InChI=1S/C15H27BrClN3/c1-5-11(6-2)12(17)9-18-10-14-15(16)13(7-3)19-20(14)8-4/h11-12,18H,5-10H2,1-4H3. The smallest absolute Gasteiger partial charge is 0.0767 e. The Bertz CT molecular complexity index is 402. The highest BCUT2D eigenvalue weighted by molar-refractivity contribution is 9.10. The Kier molecular flexibility index (Phi) is 8.15. The van der Waals surface area contributed by atoms with E-state index in [9.17, 15) is 0 Å². The zero-order valence-corrected chi connectivity index (χ0v) is 15.4. The maximum atomic E-state index is 6.46. The number of alkyl halides is 1. The third-order valence-electron chi connectivity index (χ3n) is 3.89. The molecule has 0 saturated heterocycles. The average molecular weight is 365 g/mol. The van der Waals surface area contributed by atoms with E-state index in [0.717, 1.165) is 49.1 Å². The molecule has 1 N–H and O–H groups in total. The van der Waals surface area contributed by atoms with Crippen LogP contribution in [-0.4, -0.2) is 21.7 Å². The van der Waals surface area contributed by atoms with Crippen LogP contribution in [-0.2, 0) is 19.5 Å². The van der Waals surface area contributed by atoms with Crippen LogP contribution in [0.1, 0.15) is 51.9 Å². The summed E-state index contributed by atoms with van der Waals surface area (Å²) in [5.74, 6) is 0.592. The molecule has 1 unspecified atom stereocenters. The van der Waals surface area contributed by atoms with Gasteiger partial charge in [-0.1, -0.05) is 33.6 Å². The third kappa shape index (κ3) is 4.47. The molecule has 5 heteroatoms. The molecule has 0 aromatic carbocycles. The Morgan fingerprint density at radius 3 is 2.40 bits per heavy atom. The summed E-state index contributed by atoms with van der Waals surface area (Å²) in [6, 6.07) is 0. The lowest BCUT2D eigenvalue weighted by atomic mass is 9.99. The van der Waals surface area contributed by atoms with Gasteiger partial charge in [-0.05, 0) is 35.2 Å². The normalized spacial score (nSPS) is 13.2. The van der Waals surface area contributed by atoms with Gasteiger partial charge >= 0.3 is 0 Å². The molecule has 116 valence electrons. The highest BCUT2D eigenvalue weighted by Crippen LogP contribution is 2.23. The van der Waals surface area contributed by atoms with Crippen LogP contribution in [0.2, 0.25) is 0 Å². The summed E-state index contributed by atoms with van der Waals surface area (Å²) in [4.78, 5) is 0. The molecular formula is C15H27BrClN3. The highest BCUT2D eigenvalue weighted by atomic mass is 79.9. The predicted octanol–water partition coefficient (Wildman–Crippen LogP) is 4.36. The van der Waals surface area contributed by atoms with Crippen LogP contribution in [0.3, 0.4) is 0 Å². The third-order valence-corrected chi connectivity index (χ3v) is 5.31. The van der Waals surface area contributed by atoms with E-state index in [1.165, 1.54) is 5.69 Å². The molecule has 20 heavy (non-hydrogen) atoms. The molecule has 3 nitrogen and oxygen atoms in total. The van der Waals surface area contributed by atoms with E-state index in [1.54, 1.807) is 0 Å². The van der Waals surface area contributed by atoms with Crippen molar-refractivity contribution >= 4 is 27.5 Å². The Morgan fingerprint density at radius 1 is 1.25 bits per heavy atom. The molecular weight excluding hydrogens is 338 g/mol. The van der Waals surface area contributed by atoms with Crippen LogP contribution in [0.4, 0.5) is 0 Å². The monoisotopic (exact) mass is 363 g/mol. The van der Waals surface area contributed by atoms with E-state index in [0.29, 0.717) is 5.92 Å². The van der Waals surface area contributed by atoms with Crippen molar-refractivity contribution in [2.24, 2.45) is 5.92 Å². The summed E-state index contributed by atoms with van der Waals surface area (Å²) in [5, 5.41) is 8.29. The van der Waals surface area contributed by atoms with Crippen LogP contribution >= 0.6 is 27.5 Å². The summed E-state index contributed by atoms with van der Waals surface area (Å²) >= 11 is 10.1. The lowest BCUT2D eigenvalue weighted by Gasteiger charge is -2.19. The second-order valence-corrected chi connectivity index (χ2v) is 6.45. The minimum Gasteiger partial charge on any atom is -0.310 e. The molecule has 1 rings (SSSR count). The van der Waals surface area contributed by atoms with Gasteiger partial charge in [-0.15, -0.1) is 11.6 Å². The molecule has 1 heterocycles. The van der Waals surface area contributed by atoms with Crippen LogP contribution in [0.15, 0.2) is 4.47 Å². The van der Waals surface area contributed by atoms with E-state index in [4.69, 9.17) is 11.6 Å². The Balaban J connectivity index is 2.59. The van der Waals surface area contributed by atoms with Crippen molar-refractivity contribution in [1.82, 2.24) is 15.1 Å². The first-order chi connectivity index (χ1) is 9.58. The van der Waals surface area contributed by atoms with E-state index < -0.39 is 0 Å². The number of hydrogen-bond donors (Lipinski definition) is 1. The fourth-order valence-electron chi connectivity index (χ4n) is 2.48. The van der Waals surface area contributed by atoms with Crippen molar-refractivity contribution < 1.29 is 0 Å². The van der Waals surface area contributed by atoms with Crippen molar-refractivity contribution in [3.8, 4) is 0 Å². The van der Waals surface area contributed by atoms with Crippen molar-refractivity contribution in [1.29, 1.82) is 0 Å². The number of nitrogens with zero attached hydrogens (tertiary/aromatic N) is 2. The first kappa shape index (κ1) is 18.0. The zero-order valence-electron chi connectivity index (χ0n) is 13.0. The minimum atomic E-state index is 0.201. The lowest BCUT2D eigenvalue weighted by molar-refractivity contribution is 0.442. The fraction of sp³-hybridized carbons (Fsp3) is 0.800. The average Bonchev–Trinajstić information content (AvgIpc) is 2.76. The number of aryl methyl sites for hydroxylation is 2. The van der Waals surface area contributed by atoms with Gasteiger partial charge < -0.3 is 5.32 Å². The summed E-state index contributed by atoms with van der Waals surface area (Å²) in [7, 11) is 0. The number of halogens is 2. The Hall–Kier alpha value is -0.0600. The largest absolute Gasteiger partial charge is 0.310 e. The van der Waals surface area contributed by atoms with Gasteiger partial charge in [0.05, 0.1) is 15.9 Å². The second-order valence-electron chi connectivity index (χ2n) is 5.10. The molecule has 1 aromatic heterocycles. The summed E-state index contributed by atoms with van der Waals surface area (Å²) < 4.78 is 3.21. The zero-order chi connectivity index (χ0) is 15.1. The van der Waals surface area contributed by atoms with Gasteiger partial charge in [-0.3, -0.25) is 4.68 Å². The summed E-state index contributed by atoms with van der Waals surface area (Å²) in [6.45, 7) is 11.2. The Labute approximate surface area is 136 Å². The minimum absolute atomic E-state index is 0.201. The van der Waals surface area contributed by atoms with Gasteiger partial charge in [0.1, 0.15) is 0 Å².